The first-order valence-corrected chi connectivity index (χ1v) is 4.47. The van der Waals surface area contributed by atoms with Crippen LogP contribution in [0.3, 0.4) is 0 Å². The summed E-state index contributed by atoms with van der Waals surface area (Å²) in [6, 6.07) is 0.412. The first-order valence-electron chi connectivity index (χ1n) is 4.47. The second-order valence-electron chi connectivity index (χ2n) is 3.78. The minimum absolute atomic E-state index is 0.412. The molecule has 1 saturated carbocycles. The molecule has 1 fully saturated rings. The molecule has 0 aromatic heterocycles. The summed E-state index contributed by atoms with van der Waals surface area (Å²) in [4.78, 5) is 0. The van der Waals surface area contributed by atoms with Crippen LogP contribution >= 0.6 is 0 Å². The van der Waals surface area contributed by atoms with Gasteiger partial charge in [-0.05, 0) is 25.2 Å². The number of hydrogen-bond acceptors (Lipinski definition) is 1. The molecule has 0 amide bonds. The fourth-order valence-electron chi connectivity index (χ4n) is 2.13. The lowest BCUT2D eigenvalue weighted by Crippen LogP contribution is -2.33. The van der Waals surface area contributed by atoms with E-state index in [0.29, 0.717) is 6.04 Å². The molecule has 0 aliphatic heterocycles. The molecule has 0 aromatic rings. The minimum atomic E-state index is 0.412. The van der Waals surface area contributed by atoms with Crippen LogP contribution < -0.4 is 5.73 Å². The monoisotopic (exact) mass is 141 g/mol. The predicted molar refractivity (Wildman–Crippen MR) is 44.8 cm³/mol. The maximum Gasteiger partial charge on any atom is 0.00413 e. The van der Waals surface area contributed by atoms with Gasteiger partial charge in [0.1, 0.15) is 0 Å². The van der Waals surface area contributed by atoms with Crippen LogP contribution in [-0.2, 0) is 0 Å². The lowest BCUT2D eigenvalue weighted by molar-refractivity contribution is 0.225. The van der Waals surface area contributed by atoms with Crippen LogP contribution in [0, 0.1) is 11.8 Å². The third-order valence-electron chi connectivity index (χ3n) is 2.85. The largest absolute Gasteiger partial charge is 0.328 e. The van der Waals surface area contributed by atoms with E-state index in [4.69, 9.17) is 5.73 Å². The number of nitrogens with two attached hydrogens (primary N) is 1. The molecule has 3 atom stereocenters. The predicted octanol–water partition coefficient (Wildman–Crippen LogP) is 2.16. The fourth-order valence-corrected chi connectivity index (χ4v) is 2.13. The van der Waals surface area contributed by atoms with E-state index in [0.717, 1.165) is 11.8 Å². The van der Waals surface area contributed by atoms with Crippen molar-refractivity contribution in [3.8, 4) is 0 Å². The van der Waals surface area contributed by atoms with Crippen molar-refractivity contribution in [2.24, 2.45) is 17.6 Å². The van der Waals surface area contributed by atoms with Gasteiger partial charge in [0.2, 0.25) is 0 Å². The Bertz CT molecular complexity index is 98.9. The van der Waals surface area contributed by atoms with Crippen LogP contribution in [0.25, 0.3) is 0 Å². The molecule has 0 radical (unpaired) electrons. The Morgan fingerprint density at radius 2 is 1.90 bits per heavy atom. The van der Waals surface area contributed by atoms with Gasteiger partial charge in [0, 0.05) is 6.04 Å². The third kappa shape index (κ3) is 1.72. The zero-order valence-electron chi connectivity index (χ0n) is 7.14. The maximum atomic E-state index is 5.86. The van der Waals surface area contributed by atoms with E-state index >= 15 is 0 Å². The average molecular weight is 141 g/mol. The van der Waals surface area contributed by atoms with Gasteiger partial charge in [0.05, 0.1) is 0 Å². The summed E-state index contributed by atoms with van der Waals surface area (Å²) in [6.07, 6.45) is 5.58. The van der Waals surface area contributed by atoms with E-state index in [-0.39, 0.29) is 0 Å². The Labute approximate surface area is 64.0 Å². The lowest BCUT2D eigenvalue weighted by atomic mass is 9.77. The van der Waals surface area contributed by atoms with Crippen molar-refractivity contribution in [2.45, 2.75) is 45.6 Å². The van der Waals surface area contributed by atoms with Gasteiger partial charge in [0.15, 0.2) is 0 Å². The van der Waals surface area contributed by atoms with Crippen molar-refractivity contribution in [1.29, 1.82) is 0 Å². The molecule has 1 nitrogen and oxygen atoms in total. The quantitative estimate of drug-likeness (QED) is 0.595. The van der Waals surface area contributed by atoms with Gasteiger partial charge in [-0.15, -0.1) is 0 Å². The molecule has 1 aliphatic rings. The van der Waals surface area contributed by atoms with Crippen molar-refractivity contribution in [2.75, 3.05) is 0 Å². The molecule has 60 valence electrons. The van der Waals surface area contributed by atoms with Gasteiger partial charge < -0.3 is 5.73 Å². The van der Waals surface area contributed by atoms with Gasteiger partial charge in [0.25, 0.3) is 0 Å². The third-order valence-corrected chi connectivity index (χ3v) is 2.85. The highest BCUT2D eigenvalue weighted by Crippen LogP contribution is 2.30. The smallest absolute Gasteiger partial charge is 0.00413 e. The molecule has 0 unspecified atom stereocenters. The van der Waals surface area contributed by atoms with Crippen LogP contribution in [0.2, 0.25) is 0 Å². The Hall–Kier alpha value is -0.0400. The Balaban J connectivity index is 2.40. The minimum Gasteiger partial charge on any atom is -0.328 e. The van der Waals surface area contributed by atoms with Crippen molar-refractivity contribution < 1.29 is 0 Å². The van der Waals surface area contributed by atoms with Crippen molar-refractivity contribution in [3.05, 3.63) is 0 Å². The highest BCUT2D eigenvalue weighted by molar-refractivity contribution is 4.77. The molecule has 1 aliphatic carbocycles. The van der Waals surface area contributed by atoms with E-state index in [1.807, 2.05) is 0 Å². The first kappa shape index (κ1) is 8.06. The second-order valence-corrected chi connectivity index (χ2v) is 3.78. The Morgan fingerprint density at radius 3 is 2.30 bits per heavy atom. The molecule has 1 rings (SSSR count). The van der Waals surface area contributed by atoms with Gasteiger partial charge in [-0.1, -0.05) is 26.2 Å². The fraction of sp³-hybridized carbons (Fsp3) is 1.00. The molecular formula is C9H19N. The molecule has 0 aromatic carbocycles. The lowest BCUT2D eigenvalue weighted by Gasteiger charge is -2.31. The molecular weight excluding hydrogens is 122 g/mol. The van der Waals surface area contributed by atoms with E-state index < -0.39 is 0 Å². The van der Waals surface area contributed by atoms with Crippen LogP contribution in [-0.4, -0.2) is 6.04 Å². The highest BCUT2D eigenvalue weighted by atomic mass is 14.6. The SMILES string of the molecule is C[C@H](N)[C@H]1CCCC[C@@H]1C. The van der Waals surface area contributed by atoms with Gasteiger partial charge >= 0.3 is 0 Å². The summed E-state index contributed by atoms with van der Waals surface area (Å²) in [5, 5.41) is 0. The molecule has 0 saturated heterocycles. The number of rotatable bonds is 1. The standard InChI is InChI=1S/C9H19N/c1-7-5-3-4-6-9(7)8(2)10/h7-9H,3-6,10H2,1-2H3/t7-,8-,9-/m0/s1. The highest BCUT2D eigenvalue weighted by Gasteiger charge is 2.23. The molecule has 0 heterocycles. The van der Waals surface area contributed by atoms with E-state index in [1.54, 1.807) is 0 Å². The molecule has 0 bridgehead atoms. The summed E-state index contributed by atoms with van der Waals surface area (Å²) in [5.74, 6) is 1.67. The molecule has 10 heavy (non-hydrogen) atoms. The normalized spacial score (nSPS) is 37.5. The van der Waals surface area contributed by atoms with Gasteiger partial charge in [-0.2, -0.15) is 0 Å². The van der Waals surface area contributed by atoms with Crippen LogP contribution in [0.15, 0.2) is 0 Å². The summed E-state index contributed by atoms with van der Waals surface area (Å²) < 4.78 is 0. The maximum absolute atomic E-state index is 5.86. The number of hydrogen-bond donors (Lipinski definition) is 1. The summed E-state index contributed by atoms with van der Waals surface area (Å²) in [7, 11) is 0. The topological polar surface area (TPSA) is 26.0 Å². The van der Waals surface area contributed by atoms with E-state index in [2.05, 4.69) is 13.8 Å². The average Bonchev–Trinajstić information content (AvgIpc) is 1.88. The Morgan fingerprint density at radius 1 is 1.30 bits per heavy atom. The Kier molecular flexibility index (Phi) is 2.72. The van der Waals surface area contributed by atoms with Gasteiger partial charge in [-0.25, -0.2) is 0 Å². The second kappa shape index (κ2) is 3.38. The van der Waals surface area contributed by atoms with Crippen molar-refractivity contribution >= 4 is 0 Å². The van der Waals surface area contributed by atoms with Crippen molar-refractivity contribution in [1.82, 2.24) is 0 Å². The van der Waals surface area contributed by atoms with E-state index in [1.165, 1.54) is 25.7 Å². The van der Waals surface area contributed by atoms with Gasteiger partial charge in [-0.3, -0.25) is 0 Å². The van der Waals surface area contributed by atoms with Crippen LogP contribution in [0.4, 0.5) is 0 Å². The molecule has 1 heteroatoms. The summed E-state index contributed by atoms with van der Waals surface area (Å²) in [6.45, 7) is 4.49. The van der Waals surface area contributed by atoms with E-state index in [9.17, 15) is 0 Å². The molecule has 2 N–H and O–H groups in total. The summed E-state index contributed by atoms with van der Waals surface area (Å²) in [5.41, 5.74) is 5.86. The molecule has 0 spiro atoms. The summed E-state index contributed by atoms with van der Waals surface area (Å²) >= 11 is 0. The zero-order valence-corrected chi connectivity index (χ0v) is 7.14. The first-order chi connectivity index (χ1) is 4.72. The van der Waals surface area contributed by atoms with Crippen molar-refractivity contribution in [3.63, 3.8) is 0 Å². The zero-order chi connectivity index (χ0) is 7.56. The van der Waals surface area contributed by atoms with Crippen LogP contribution in [0.5, 0.6) is 0 Å². The van der Waals surface area contributed by atoms with Crippen LogP contribution in [0.1, 0.15) is 39.5 Å².